The average molecular weight is 266 g/mol. The summed E-state index contributed by atoms with van der Waals surface area (Å²) in [6, 6.07) is 0. The van der Waals surface area contributed by atoms with E-state index in [1.165, 1.54) is 44.9 Å². The monoisotopic (exact) mass is 266 g/mol. The van der Waals surface area contributed by atoms with E-state index in [1.807, 2.05) is 13.8 Å². The Hall–Kier alpha value is -0.330. The Morgan fingerprint density at radius 3 is 1.89 bits per heavy atom. The molecule has 0 bridgehead atoms. The summed E-state index contributed by atoms with van der Waals surface area (Å²) in [5.74, 6) is 3.65. The van der Waals surface area contributed by atoms with Crippen LogP contribution in [0.1, 0.15) is 85.5 Å². The van der Waals surface area contributed by atoms with Crippen LogP contribution in [0.2, 0.25) is 0 Å². The molecule has 2 rings (SSSR count). The van der Waals surface area contributed by atoms with Crippen LogP contribution in [0.15, 0.2) is 0 Å². The Labute approximate surface area is 120 Å². The van der Waals surface area contributed by atoms with Crippen molar-refractivity contribution in [1.82, 2.24) is 0 Å². The van der Waals surface area contributed by atoms with Gasteiger partial charge in [-0.3, -0.25) is 4.79 Å². The Balaban J connectivity index is 0.000000191. The second-order valence-corrected chi connectivity index (χ2v) is 7.37. The van der Waals surface area contributed by atoms with Crippen LogP contribution in [0, 0.1) is 23.7 Å². The lowest BCUT2D eigenvalue weighted by atomic mass is 10.0. The molecule has 0 aliphatic heterocycles. The first-order valence-electron chi connectivity index (χ1n) is 8.51. The predicted molar refractivity (Wildman–Crippen MR) is 83.2 cm³/mol. The lowest BCUT2D eigenvalue weighted by Gasteiger charge is -2.01. The van der Waals surface area contributed by atoms with E-state index >= 15 is 0 Å². The topological polar surface area (TPSA) is 17.1 Å². The average Bonchev–Trinajstić information content (AvgIpc) is 3.20. The van der Waals surface area contributed by atoms with Crippen LogP contribution in [0.4, 0.5) is 0 Å². The minimum absolute atomic E-state index is 0.249. The van der Waals surface area contributed by atoms with Gasteiger partial charge in [0.05, 0.1) is 0 Å². The molecule has 0 radical (unpaired) electrons. The highest BCUT2D eigenvalue weighted by atomic mass is 16.1. The van der Waals surface area contributed by atoms with Gasteiger partial charge in [-0.15, -0.1) is 0 Å². The highest BCUT2D eigenvalue weighted by Gasteiger charge is 2.22. The SMILES string of the molecule is CC(C)C(=O)CCC1CC1.CC(C)CCCC1CC1. The van der Waals surface area contributed by atoms with E-state index in [-0.39, 0.29) is 5.92 Å². The zero-order valence-electron chi connectivity index (χ0n) is 13.6. The molecule has 0 amide bonds. The van der Waals surface area contributed by atoms with Gasteiger partial charge in [0.25, 0.3) is 0 Å². The largest absolute Gasteiger partial charge is 0.299 e. The third-order valence-corrected chi connectivity index (χ3v) is 4.23. The summed E-state index contributed by atoms with van der Waals surface area (Å²) in [7, 11) is 0. The van der Waals surface area contributed by atoms with Gasteiger partial charge in [0.2, 0.25) is 0 Å². The standard InChI is InChI=1S/C9H16O.C9H18/c1-7(2)9(10)6-5-8-3-4-8;1-8(2)4-3-5-9-6-7-9/h7-8H,3-6H2,1-2H3;8-9H,3-7H2,1-2H3. The van der Waals surface area contributed by atoms with Gasteiger partial charge < -0.3 is 0 Å². The summed E-state index contributed by atoms with van der Waals surface area (Å²) in [6.07, 6.45) is 12.2. The number of Topliss-reactive ketones (excluding diaryl/α,β-unsaturated/α-hetero) is 1. The second kappa shape index (κ2) is 8.76. The molecule has 0 aromatic heterocycles. The number of hydrogen-bond donors (Lipinski definition) is 0. The maximum Gasteiger partial charge on any atom is 0.135 e. The van der Waals surface area contributed by atoms with Gasteiger partial charge in [0.1, 0.15) is 5.78 Å². The lowest BCUT2D eigenvalue weighted by molar-refractivity contribution is -0.122. The van der Waals surface area contributed by atoms with Crippen molar-refractivity contribution in [2.75, 3.05) is 0 Å². The van der Waals surface area contributed by atoms with Crippen LogP contribution < -0.4 is 0 Å². The molecule has 2 aliphatic rings. The minimum atomic E-state index is 0.249. The highest BCUT2D eigenvalue weighted by molar-refractivity contribution is 5.80. The normalized spacial score (nSPS) is 18.4. The molecule has 2 fully saturated rings. The van der Waals surface area contributed by atoms with E-state index in [1.54, 1.807) is 0 Å². The molecule has 19 heavy (non-hydrogen) atoms. The summed E-state index contributed by atoms with van der Waals surface area (Å²) >= 11 is 0. The zero-order chi connectivity index (χ0) is 14.3. The van der Waals surface area contributed by atoms with Gasteiger partial charge in [0, 0.05) is 12.3 Å². The van der Waals surface area contributed by atoms with Crippen molar-refractivity contribution in [3.8, 4) is 0 Å². The Bertz CT molecular complexity index is 244. The molecule has 0 unspecified atom stereocenters. The van der Waals surface area contributed by atoms with Crippen LogP contribution in [0.25, 0.3) is 0 Å². The third-order valence-electron chi connectivity index (χ3n) is 4.23. The quantitative estimate of drug-likeness (QED) is 0.557. The van der Waals surface area contributed by atoms with E-state index in [2.05, 4.69) is 13.8 Å². The van der Waals surface area contributed by atoms with Gasteiger partial charge in [-0.2, -0.15) is 0 Å². The molecule has 0 heterocycles. The first kappa shape index (κ1) is 16.7. The maximum atomic E-state index is 11.1. The van der Waals surface area contributed by atoms with Crippen molar-refractivity contribution in [2.45, 2.75) is 85.5 Å². The van der Waals surface area contributed by atoms with Crippen molar-refractivity contribution >= 4 is 5.78 Å². The summed E-state index contributed by atoms with van der Waals surface area (Å²) in [6.45, 7) is 8.59. The molecular formula is C18H34O. The van der Waals surface area contributed by atoms with Crippen LogP contribution >= 0.6 is 0 Å². The molecule has 1 heteroatoms. The summed E-state index contributed by atoms with van der Waals surface area (Å²) in [4.78, 5) is 11.1. The molecule has 0 atom stereocenters. The fraction of sp³-hybridized carbons (Fsp3) is 0.944. The molecule has 2 aliphatic carbocycles. The van der Waals surface area contributed by atoms with E-state index in [4.69, 9.17) is 0 Å². The van der Waals surface area contributed by atoms with Gasteiger partial charge in [-0.1, -0.05) is 72.6 Å². The second-order valence-electron chi connectivity index (χ2n) is 7.37. The molecule has 0 aromatic rings. The van der Waals surface area contributed by atoms with Gasteiger partial charge >= 0.3 is 0 Å². The van der Waals surface area contributed by atoms with E-state index in [0.717, 1.165) is 30.6 Å². The van der Waals surface area contributed by atoms with Gasteiger partial charge in [0.15, 0.2) is 0 Å². The smallest absolute Gasteiger partial charge is 0.135 e. The van der Waals surface area contributed by atoms with Crippen molar-refractivity contribution in [2.24, 2.45) is 23.7 Å². The first-order chi connectivity index (χ1) is 8.99. The molecule has 0 spiro atoms. The third kappa shape index (κ3) is 10.2. The maximum absolute atomic E-state index is 11.1. The minimum Gasteiger partial charge on any atom is -0.299 e. The van der Waals surface area contributed by atoms with Crippen molar-refractivity contribution in [3.05, 3.63) is 0 Å². The Morgan fingerprint density at radius 2 is 1.47 bits per heavy atom. The molecule has 2 saturated carbocycles. The van der Waals surface area contributed by atoms with Gasteiger partial charge in [-0.25, -0.2) is 0 Å². The van der Waals surface area contributed by atoms with Crippen molar-refractivity contribution in [3.63, 3.8) is 0 Å². The van der Waals surface area contributed by atoms with Crippen LogP contribution in [0.3, 0.4) is 0 Å². The van der Waals surface area contributed by atoms with E-state index < -0.39 is 0 Å². The van der Waals surface area contributed by atoms with E-state index in [0.29, 0.717) is 5.78 Å². The molecular weight excluding hydrogens is 232 g/mol. The Morgan fingerprint density at radius 1 is 0.947 bits per heavy atom. The van der Waals surface area contributed by atoms with Crippen LogP contribution in [0.5, 0.6) is 0 Å². The Kier molecular flexibility index (Phi) is 7.71. The number of hydrogen-bond acceptors (Lipinski definition) is 1. The van der Waals surface area contributed by atoms with E-state index in [9.17, 15) is 4.79 Å². The number of carbonyl (C=O) groups is 1. The zero-order valence-corrected chi connectivity index (χ0v) is 13.6. The predicted octanol–water partition coefficient (Wildman–Crippen LogP) is 5.62. The molecule has 0 saturated heterocycles. The van der Waals surface area contributed by atoms with Gasteiger partial charge in [-0.05, 0) is 24.2 Å². The van der Waals surface area contributed by atoms with Crippen molar-refractivity contribution < 1.29 is 4.79 Å². The lowest BCUT2D eigenvalue weighted by Crippen LogP contribution is -2.06. The van der Waals surface area contributed by atoms with Crippen LogP contribution in [-0.2, 0) is 4.79 Å². The highest BCUT2D eigenvalue weighted by Crippen LogP contribution is 2.34. The number of ketones is 1. The number of carbonyl (C=O) groups excluding carboxylic acids is 1. The molecule has 112 valence electrons. The fourth-order valence-corrected chi connectivity index (χ4v) is 2.26. The van der Waals surface area contributed by atoms with Crippen LogP contribution in [-0.4, -0.2) is 5.78 Å². The first-order valence-corrected chi connectivity index (χ1v) is 8.51. The molecule has 0 N–H and O–H groups in total. The molecule has 1 nitrogen and oxygen atoms in total. The summed E-state index contributed by atoms with van der Waals surface area (Å²) in [5, 5.41) is 0. The fourth-order valence-electron chi connectivity index (χ4n) is 2.26. The number of rotatable bonds is 8. The molecule has 0 aromatic carbocycles. The summed E-state index contributed by atoms with van der Waals surface area (Å²) in [5.41, 5.74) is 0. The summed E-state index contributed by atoms with van der Waals surface area (Å²) < 4.78 is 0. The van der Waals surface area contributed by atoms with Crippen molar-refractivity contribution in [1.29, 1.82) is 0 Å².